The maximum absolute atomic E-state index is 13.6. The summed E-state index contributed by atoms with van der Waals surface area (Å²) in [6.45, 7) is 5.96. The van der Waals surface area contributed by atoms with Crippen molar-refractivity contribution in [3.8, 4) is 33.6 Å². The molecule has 5 heterocycles. The molecular formula is C40H48N8O5. The van der Waals surface area contributed by atoms with E-state index in [2.05, 4.69) is 69.1 Å². The predicted molar refractivity (Wildman–Crippen MR) is 199 cm³/mol. The zero-order valence-corrected chi connectivity index (χ0v) is 30.7. The summed E-state index contributed by atoms with van der Waals surface area (Å²) in [6, 6.07) is 15.2. The van der Waals surface area contributed by atoms with Gasteiger partial charge in [-0.15, -0.1) is 0 Å². The van der Waals surface area contributed by atoms with E-state index in [0.29, 0.717) is 13.0 Å². The molecule has 2 aromatic heterocycles. The molecule has 3 aliphatic heterocycles. The number of likely N-dealkylation sites (tertiary alicyclic amines) is 1. The number of amides is 4. The van der Waals surface area contributed by atoms with Crippen molar-refractivity contribution in [2.75, 3.05) is 13.7 Å². The van der Waals surface area contributed by atoms with E-state index in [9.17, 15) is 19.2 Å². The van der Waals surface area contributed by atoms with E-state index < -0.39 is 18.2 Å². The summed E-state index contributed by atoms with van der Waals surface area (Å²) < 4.78 is 4.76. The van der Waals surface area contributed by atoms with Crippen LogP contribution in [0.25, 0.3) is 33.6 Å². The van der Waals surface area contributed by atoms with Crippen LogP contribution in [0.3, 0.4) is 0 Å². The average Bonchev–Trinajstić information content (AvgIpc) is 3.98. The Labute approximate surface area is 309 Å². The monoisotopic (exact) mass is 720 g/mol. The first kappa shape index (κ1) is 35.9. The van der Waals surface area contributed by atoms with E-state index in [0.717, 1.165) is 83.8 Å². The molecule has 0 spiro atoms. The Balaban J connectivity index is 1.01. The number of hydrogen-bond donors (Lipinski definition) is 4. The lowest BCUT2D eigenvalue weighted by molar-refractivity contribution is -0.138. The van der Waals surface area contributed by atoms with Crippen molar-refractivity contribution in [1.29, 1.82) is 0 Å². The van der Waals surface area contributed by atoms with Gasteiger partial charge in [-0.1, -0.05) is 62.4 Å². The van der Waals surface area contributed by atoms with Gasteiger partial charge in [-0.3, -0.25) is 14.4 Å². The topological polar surface area (TPSA) is 165 Å². The maximum atomic E-state index is 13.6. The van der Waals surface area contributed by atoms with E-state index in [-0.39, 0.29) is 41.8 Å². The number of methoxy groups -OCH3 is 1. The molecule has 7 rings (SSSR count). The third-order valence-corrected chi connectivity index (χ3v) is 10.9. The number of carbonyl (C=O) groups excluding carboxylic acids is 4. The van der Waals surface area contributed by atoms with Crippen LogP contribution in [0.15, 0.2) is 60.9 Å². The molecule has 278 valence electrons. The van der Waals surface area contributed by atoms with Crippen molar-refractivity contribution >= 4 is 23.8 Å². The molecule has 0 bridgehead atoms. The molecule has 4 aromatic rings. The Morgan fingerprint density at radius 3 is 1.94 bits per heavy atom. The number of carbonyl (C=O) groups is 4. The van der Waals surface area contributed by atoms with Crippen LogP contribution in [0.4, 0.5) is 4.79 Å². The molecule has 3 aliphatic rings. The summed E-state index contributed by atoms with van der Waals surface area (Å²) in [4.78, 5) is 71.0. The zero-order valence-electron chi connectivity index (χ0n) is 30.7. The number of aromatic nitrogens is 4. The fourth-order valence-electron chi connectivity index (χ4n) is 8.17. The molecule has 53 heavy (non-hydrogen) atoms. The van der Waals surface area contributed by atoms with Gasteiger partial charge in [0.2, 0.25) is 17.7 Å². The summed E-state index contributed by atoms with van der Waals surface area (Å²) in [7, 11) is 1.31. The highest BCUT2D eigenvalue weighted by Gasteiger charge is 2.43. The number of H-pyrrole nitrogens is 2. The molecule has 0 radical (unpaired) electrons. The van der Waals surface area contributed by atoms with Crippen molar-refractivity contribution < 1.29 is 23.9 Å². The quantitative estimate of drug-likeness (QED) is 0.167. The summed E-state index contributed by atoms with van der Waals surface area (Å²) in [5, 5.41) is 5.55. The molecule has 0 aliphatic carbocycles. The molecule has 13 heteroatoms. The number of aromatic amines is 2. The van der Waals surface area contributed by atoms with Gasteiger partial charge >= 0.3 is 6.09 Å². The minimum absolute atomic E-state index is 0.0242. The normalized spacial score (nSPS) is 22.0. The Hall–Kier alpha value is -5.46. The summed E-state index contributed by atoms with van der Waals surface area (Å²) in [6.07, 6.45) is 8.98. The van der Waals surface area contributed by atoms with Gasteiger partial charge < -0.3 is 35.1 Å². The third-order valence-electron chi connectivity index (χ3n) is 10.9. The van der Waals surface area contributed by atoms with Gasteiger partial charge in [0.15, 0.2) is 0 Å². The highest BCUT2D eigenvalue weighted by molar-refractivity contribution is 5.88. The Morgan fingerprint density at radius 1 is 0.792 bits per heavy atom. The molecule has 4 N–H and O–H groups in total. The van der Waals surface area contributed by atoms with Crippen molar-refractivity contribution in [3.63, 3.8) is 0 Å². The SMILES string of the molecule is COC(=O)N[C@H]1CCC[C@H]2CC[C@@H](c3nc(-c4ccc(-c5ccc(-c6c[nH]c([C@@H]7CCCN7C(=O)[C@@H](NC(C)=O)C(C)C)n6)cc5)cc4)c[nH]3)N2C1=O. The second kappa shape index (κ2) is 15.3. The predicted octanol–water partition coefficient (Wildman–Crippen LogP) is 5.90. The van der Waals surface area contributed by atoms with Crippen molar-refractivity contribution in [2.45, 2.75) is 95.9 Å². The molecule has 13 nitrogen and oxygen atoms in total. The minimum Gasteiger partial charge on any atom is -0.453 e. The number of nitrogens with zero attached hydrogens (tertiary/aromatic N) is 4. The maximum Gasteiger partial charge on any atom is 0.407 e. The fourth-order valence-corrected chi connectivity index (χ4v) is 8.17. The van der Waals surface area contributed by atoms with Gasteiger partial charge in [-0.2, -0.15) is 0 Å². The van der Waals surface area contributed by atoms with Crippen LogP contribution < -0.4 is 10.6 Å². The number of fused-ring (bicyclic) bond motifs is 1. The molecule has 0 unspecified atom stereocenters. The van der Waals surface area contributed by atoms with Gasteiger partial charge in [0.25, 0.3) is 0 Å². The largest absolute Gasteiger partial charge is 0.453 e. The Morgan fingerprint density at radius 2 is 1.38 bits per heavy atom. The number of hydrogen-bond acceptors (Lipinski definition) is 7. The van der Waals surface area contributed by atoms with E-state index in [1.54, 1.807) is 0 Å². The third kappa shape index (κ3) is 7.42. The first-order chi connectivity index (χ1) is 25.6. The van der Waals surface area contributed by atoms with Gasteiger partial charge in [-0.25, -0.2) is 14.8 Å². The number of imidazole rings is 2. The van der Waals surface area contributed by atoms with Gasteiger partial charge in [0.1, 0.15) is 23.7 Å². The number of rotatable bonds is 9. The van der Waals surface area contributed by atoms with Crippen LogP contribution in [-0.2, 0) is 19.1 Å². The van der Waals surface area contributed by atoms with Gasteiger partial charge in [-0.05, 0) is 62.0 Å². The van der Waals surface area contributed by atoms with Crippen molar-refractivity contribution in [1.82, 2.24) is 40.4 Å². The molecule has 2 aromatic carbocycles. The highest BCUT2D eigenvalue weighted by Crippen LogP contribution is 2.40. The molecule has 3 fully saturated rings. The molecule has 0 saturated carbocycles. The number of ether oxygens (including phenoxy) is 1. The van der Waals surface area contributed by atoms with Crippen LogP contribution in [0, 0.1) is 5.92 Å². The van der Waals surface area contributed by atoms with Gasteiger partial charge in [0, 0.05) is 43.0 Å². The molecule has 3 saturated heterocycles. The minimum atomic E-state index is -0.596. The second-order valence-electron chi connectivity index (χ2n) is 14.7. The Kier molecular flexibility index (Phi) is 10.3. The zero-order chi connectivity index (χ0) is 37.2. The second-order valence-corrected chi connectivity index (χ2v) is 14.7. The van der Waals surface area contributed by atoms with E-state index in [4.69, 9.17) is 14.7 Å². The lowest BCUT2D eigenvalue weighted by atomic mass is 10.0. The standard InChI is InChI=1S/C40H48N8O5/c1-23(2)35(43-24(3)49)39(51)47-20-6-9-33(47)36-41-21-31(44-36)27-14-10-25(11-15-27)26-12-16-28(17-13-26)32-22-42-37(45-32)34-19-18-29-7-5-8-30(38(50)48(29)34)46-40(52)53-4/h10-17,21-23,29-30,33-35H,5-9,18-20H2,1-4H3,(H,41,44)(H,42,45)(H,43,49)(H,46,52)/t29-,30-,33-,34-,35-/m0/s1. The summed E-state index contributed by atoms with van der Waals surface area (Å²) >= 11 is 0. The fraction of sp³-hybridized carbons (Fsp3) is 0.450. The smallest absolute Gasteiger partial charge is 0.407 e. The summed E-state index contributed by atoms with van der Waals surface area (Å²) in [5.74, 6) is 1.13. The molecule has 4 amide bonds. The lowest BCUT2D eigenvalue weighted by Gasteiger charge is -2.30. The Bertz CT molecular complexity index is 1950. The average molecular weight is 721 g/mol. The van der Waals surface area contributed by atoms with Crippen molar-refractivity contribution in [2.24, 2.45) is 5.92 Å². The van der Waals surface area contributed by atoms with E-state index >= 15 is 0 Å². The number of alkyl carbamates (subject to hydrolysis) is 1. The molecular weight excluding hydrogens is 672 g/mol. The number of nitrogens with one attached hydrogen (secondary N) is 4. The molecule has 5 atom stereocenters. The summed E-state index contributed by atoms with van der Waals surface area (Å²) in [5.41, 5.74) is 5.68. The van der Waals surface area contributed by atoms with Crippen LogP contribution in [-0.4, -0.2) is 85.3 Å². The van der Waals surface area contributed by atoms with Crippen molar-refractivity contribution in [3.05, 3.63) is 72.6 Å². The lowest BCUT2D eigenvalue weighted by Crippen LogP contribution is -2.50. The van der Waals surface area contributed by atoms with E-state index in [1.807, 2.05) is 36.0 Å². The van der Waals surface area contributed by atoms with E-state index in [1.165, 1.54) is 14.0 Å². The van der Waals surface area contributed by atoms with Crippen LogP contribution in [0.1, 0.15) is 89.4 Å². The van der Waals surface area contributed by atoms with Crippen LogP contribution in [0.5, 0.6) is 0 Å². The number of benzene rings is 2. The van der Waals surface area contributed by atoms with Crippen LogP contribution >= 0.6 is 0 Å². The van der Waals surface area contributed by atoms with Crippen LogP contribution in [0.2, 0.25) is 0 Å². The van der Waals surface area contributed by atoms with Gasteiger partial charge in [0.05, 0.1) is 30.6 Å². The highest BCUT2D eigenvalue weighted by atomic mass is 16.5. The first-order valence-corrected chi connectivity index (χ1v) is 18.7. The first-order valence-electron chi connectivity index (χ1n) is 18.7.